The van der Waals surface area contributed by atoms with Gasteiger partial charge in [0.25, 0.3) is 0 Å². The maximum absolute atomic E-state index is 6.06. The van der Waals surface area contributed by atoms with Crippen molar-refractivity contribution in [3.8, 4) is 5.75 Å². The Kier molecular flexibility index (Phi) is 2.22. The lowest BCUT2D eigenvalue weighted by Crippen LogP contribution is -1.90. The Morgan fingerprint density at radius 3 is 2.71 bits per heavy atom. The van der Waals surface area contributed by atoms with E-state index in [1.807, 2.05) is 24.3 Å². The van der Waals surface area contributed by atoms with Gasteiger partial charge in [-0.2, -0.15) is 0 Å². The highest BCUT2D eigenvalue weighted by Crippen LogP contribution is 2.34. The average molecular weight is 208 g/mol. The van der Waals surface area contributed by atoms with Gasteiger partial charge in [0.05, 0.1) is 12.1 Å². The highest BCUT2D eigenvalue weighted by Gasteiger charge is 2.06. The number of methoxy groups -OCH3 is 1. The number of anilines is 1. The van der Waals surface area contributed by atoms with Gasteiger partial charge in [-0.05, 0) is 18.2 Å². The van der Waals surface area contributed by atoms with Crippen LogP contribution >= 0.6 is 11.6 Å². The topological polar surface area (TPSA) is 35.2 Å². The lowest BCUT2D eigenvalue weighted by atomic mass is 10.1. The molecule has 0 aliphatic heterocycles. The molecule has 3 heteroatoms. The van der Waals surface area contributed by atoms with Gasteiger partial charge in [-0.1, -0.05) is 23.7 Å². The van der Waals surface area contributed by atoms with E-state index in [4.69, 9.17) is 22.1 Å². The number of benzene rings is 2. The molecule has 0 saturated carbocycles. The SMILES string of the molecule is COc1ccc(N)c2c(Cl)cccc12. The van der Waals surface area contributed by atoms with Gasteiger partial charge in [-0.15, -0.1) is 0 Å². The molecule has 0 unspecified atom stereocenters. The van der Waals surface area contributed by atoms with Crippen LogP contribution in [0.25, 0.3) is 10.8 Å². The standard InChI is InChI=1S/C11H10ClNO/c1-14-10-6-5-9(13)11-7(10)3-2-4-8(11)12/h2-6H,13H2,1H3. The second-order valence-corrected chi connectivity index (χ2v) is 3.43. The molecule has 0 heterocycles. The number of ether oxygens (including phenoxy) is 1. The fourth-order valence-corrected chi connectivity index (χ4v) is 1.82. The van der Waals surface area contributed by atoms with Crippen molar-refractivity contribution >= 4 is 28.1 Å². The van der Waals surface area contributed by atoms with Crippen LogP contribution in [0, 0.1) is 0 Å². The number of fused-ring (bicyclic) bond motifs is 1. The predicted molar refractivity (Wildman–Crippen MR) is 59.9 cm³/mol. The van der Waals surface area contributed by atoms with Gasteiger partial charge >= 0.3 is 0 Å². The molecule has 2 rings (SSSR count). The molecule has 0 atom stereocenters. The van der Waals surface area contributed by atoms with E-state index in [2.05, 4.69) is 0 Å². The third kappa shape index (κ3) is 1.28. The largest absolute Gasteiger partial charge is 0.496 e. The van der Waals surface area contributed by atoms with Gasteiger partial charge in [0.1, 0.15) is 5.75 Å². The molecule has 0 aliphatic carbocycles. The van der Waals surface area contributed by atoms with E-state index < -0.39 is 0 Å². The van der Waals surface area contributed by atoms with Crippen LogP contribution in [0.5, 0.6) is 5.75 Å². The second-order valence-electron chi connectivity index (χ2n) is 3.02. The van der Waals surface area contributed by atoms with Crippen molar-refractivity contribution in [2.24, 2.45) is 0 Å². The molecule has 0 fully saturated rings. The van der Waals surface area contributed by atoms with Crippen LogP contribution in [0.4, 0.5) is 5.69 Å². The fourth-order valence-electron chi connectivity index (χ4n) is 1.54. The van der Waals surface area contributed by atoms with Crippen LogP contribution in [0.1, 0.15) is 0 Å². The lowest BCUT2D eigenvalue weighted by molar-refractivity contribution is 0.420. The van der Waals surface area contributed by atoms with E-state index >= 15 is 0 Å². The average Bonchev–Trinajstić information content (AvgIpc) is 2.18. The van der Waals surface area contributed by atoms with Gasteiger partial charge in [0.2, 0.25) is 0 Å². The van der Waals surface area contributed by atoms with Gasteiger partial charge in [-0.3, -0.25) is 0 Å². The van der Waals surface area contributed by atoms with E-state index in [9.17, 15) is 0 Å². The molecule has 0 aromatic heterocycles. The minimum absolute atomic E-state index is 0.652. The Balaban J connectivity index is 2.91. The fraction of sp³-hybridized carbons (Fsp3) is 0.0909. The molecule has 0 amide bonds. The molecule has 0 spiro atoms. The molecular formula is C11H10ClNO. The zero-order valence-electron chi connectivity index (χ0n) is 7.75. The quantitative estimate of drug-likeness (QED) is 0.730. The van der Waals surface area contributed by atoms with E-state index in [1.54, 1.807) is 13.2 Å². The lowest BCUT2D eigenvalue weighted by Gasteiger charge is -2.08. The van der Waals surface area contributed by atoms with Crippen LogP contribution in [0.3, 0.4) is 0 Å². The monoisotopic (exact) mass is 207 g/mol. The number of hydrogen-bond acceptors (Lipinski definition) is 2. The highest BCUT2D eigenvalue weighted by atomic mass is 35.5. The molecular weight excluding hydrogens is 198 g/mol. The van der Waals surface area contributed by atoms with E-state index in [-0.39, 0.29) is 0 Å². The summed E-state index contributed by atoms with van der Waals surface area (Å²) in [6.45, 7) is 0. The Morgan fingerprint density at radius 2 is 2.00 bits per heavy atom. The molecule has 2 aromatic rings. The Morgan fingerprint density at radius 1 is 1.21 bits per heavy atom. The van der Waals surface area contributed by atoms with Gasteiger partial charge in [0, 0.05) is 16.5 Å². The summed E-state index contributed by atoms with van der Waals surface area (Å²) in [5.74, 6) is 0.789. The highest BCUT2D eigenvalue weighted by molar-refractivity contribution is 6.36. The van der Waals surface area contributed by atoms with E-state index in [0.717, 1.165) is 16.5 Å². The van der Waals surface area contributed by atoms with Crippen LogP contribution in [0.15, 0.2) is 30.3 Å². The van der Waals surface area contributed by atoms with Gasteiger partial charge in [-0.25, -0.2) is 0 Å². The third-order valence-electron chi connectivity index (χ3n) is 2.20. The summed E-state index contributed by atoms with van der Waals surface area (Å²) in [7, 11) is 1.63. The van der Waals surface area contributed by atoms with E-state index in [0.29, 0.717) is 10.7 Å². The van der Waals surface area contributed by atoms with Crippen molar-refractivity contribution in [3.63, 3.8) is 0 Å². The minimum Gasteiger partial charge on any atom is -0.496 e. The van der Waals surface area contributed by atoms with Crippen LogP contribution in [-0.2, 0) is 0 Å². The van der Waals surface area contributed by atoms with Crippen molar-refractivity contribution in [1.29, 1.82) is 0 Å². The maximum Gasteiger partial charge on any atom is 0.126 e. The molecule has 2 aromatic carbocycles. The maximum atomic E-state index is 6.06. The third-order valence-corrected chi connectivity index (χ3v) is 2.52. The van der Waals surface area contributed by atoms with Crippen molar-refractivity contribution in [2.75, 3.05) is 12.8 Å². The number of nitrogens with two attached hydrogens (primary N) is 1. The molecule has 2 N–H and O–H groups in total. The second kappa shape index (κ2) is 3.39. The molecule has 0 radical (unpaired) electrons. The first kappa shape index (κ1) is 9.16. The summed E-state index contributed by atoms with van der Waals surface area (Å²) in [6, 6.07) is 9.28. The number of halogens is 1. The van der Waals surface area contributed by atoms with Crippen molar-refractivity contribution in [2.45, 2.75) is 0 Å². The summed E-state index contributed by atoms with van der Waals surface area (Å²) >= 11 is 6.06. The number of nitrogen functional groups attached to an aromatic ring is 1. The summed E-state index contributed by atoms with van der Waals surface area (Å²) in [4.78, 5) is 0. The van der Waals surface area contributed by atoms with E-state index in [1.165, 1.54) is 0 Å². The van der Waals surface area contributed by atoms with Crippen LogP contribution < -0.4 is 10.5 Å². The minimum atomic E-state index is 0.652. The first-order valence-corrected chi connectivity index (χ1v) is 4.62. The molecule has 14 heavy (non-hydrogen) atoms. The molecule has 0 aliphatic rings. The first-order chi connectivity index (χ1) is 6.74. The van der Waals surface area contributed by atoms with Crippen LogP contribution in [0.2, 0.25) is 5.02 Å². The van der Waals surface area contributed by atoms with Crippen LogP contribution in [-0.4, -0.2) is 7.11 Å². The first-order valence-electron chi connectivity index (χ1n) is 4.24. The zero-order valence-corrected chi connectivity index (χ0v) is 8.51. The number of hydrogen-bond donors (Lipinski definition) is 1. The number of rotatable bonds is 1. The Hall–Kier alpha value is -1.41. The molecule has 2 nitrogen and oxygen atoms in total. The van der Waals surface area contributed by atoms with Crippen molar-refractivity contribution in [1.82, 2.24) is 0 Å². The Labute approximate surface area is 87.2 Å². The smallest absolute Gasteiger partial charge is 0.126 e. The molecule has 0 bridgehead atoms. The Bertz CT molecular complexity index is 474. The predicted octanol–water partition coefficient (Wildman–Crippen LogP) is 3.08. The molecule has 72 valence electrons. The zero-order chi connectivity index (χ0) is 10.1. The van der Waals surface area contributed by atoms with Crippen molar-refractivity contribution < 1.29 is 4.74 Å². The van der Waals surface area contributed by atoms with Crippen molar-refractivity contribution in [3.05, 3.63) is 35.4 Å². The summed E-state index contributed by atoms with van der Waals surface area (Å²) < 4.78 is 5.22. The summed E-state index contributed by atoms with van der Waals surface area (Å²) in [6.07, 6.45) is 0. The van der Waals surface area contributed by atoms with Gasteiger partial charge < -0.3 is 10.5 Å². The molecule has 0 saturated heterocycles. The summed E-state index contributed by atoms with van der Waals surface area (Å²) in [5, 5.41) is 2.45. The summed E-state index contributed by atoms with van der Waals surface area (Å²) in [5.41, 5.74) is 6.51. The normalized spacial score (nSPS) is 10.4. The van der Waals surface area contributed by atoms with Gasteiger partial charge in [0.15, 0.2) is 0 Å².